The zero-order valence-corrected chi connectivity index (χ0v) is 9.69. The minimum atomic E-state index is 0.226. The van der Waals surface area contributed by atoms with Gasteiger partial charge in [0, 0.05) is 31.3 Å². The number of hydrogen-bond donors (Lipinski definition) is 1. The third-order valence-electron chi connectivity index (χ3n) is 3.67. The molecule has 0 atom stereocenters. The average molecular weight is 229 g/mol. The van der Waals surface area contributed by atoms with E-state index in [1.807, 2.05) is 6.07 Å². The number of aromatic nitrogens is 1. The molecule has 2 heterocycles. The Bertz CT molecular complexity index is 486. The molecule has 0 amide bonds. The van der Waals surface area contributed by atoms with Gasteiger partial charge in [-0.15, -0.1) is 0 Å². The molecule has 0 saturated carbocycles. The van der Waals surface area contributed by atoms with Crippen molar-refractivity contribution < 1.29 is 5.11 Å². The third-order valence-corrected chi connectivity index (χ3v) is 3.67. The zero-order valence-electron chi connectivity index (χ0n) is 9.69. The topological polar surface area (TPSA) is 60.2 Å². The molecule has 1 N–H and O–H groups in total. The van der Waals surface area contributed by atoms with Crippen LogP contribution in [0.3, 0.4) is 0 Å². The van der Waals surface area contributed by atoms with Crippen molar-refractivity contribution in [3.63, 3.8) is 0 Å². The first-order valence-electron chi connectivity index (χ1n) is 6.10. The van der Waals surface area contributed by atoms with Gasteiger partial charge in [-0.25, -0.2) is 4.98 Å². The maximum Gasteiger partial charge on any atom is 0.146 e. The number of nitrogens with zero attached hydrogens (tertiary/aromatic N) is 3. The van der Waals surface area contributed by atoms with E-state index in [9.17, 15) is 5.26 Å². The number of aryl methyl sites for hydroxylation is 2. The van der Waals surface area contributed by atoms with Crippen molar-refractivity contribution in [2.24, 2.45) is 5.92 Å². The van der Waals surface area contributed by atoms with Gasteiger partial charge in [0.25, 0.3) is 0 Å². The van der Waals surface area contributed by atoms with Crippen LogP contribution >= 0.6 is 0 Å². The molecular formula is C13H15N3O. The van der Waals surface area contributed by atoms with E-state index in [2.05, 4.69) is 16.0 Å². The summed E-state index contributed by atoms with van der Waals surface area (Å²) in [5, 5.41) is 18.2. The number of nitriles is 1. The molecule has 0 aromatic carbocycles. The lowest BCUT2D eigenvalue weighted by atomic mass is 10.0. The number of aliphatic hydroxyl groups excluding tert-OH is 1. The lowest BCUT2D eigenvalue weighted by Crippen LogP contribution is -2.49. The quantitative estimate of drug-likeness (QED) is 0.817. The summed E-state index contributed by atoms with van der Waals surface area (Å²) in [5.41, 5.74) is 3.08. The molecule has 0 bridgehead atoms. The second-order valence-corrected chi connectivity index (χ2v) is 4.88. The van der Waals surface area contributed by atoms with Crippen LogP contribution < -0.4 is 4.90 Å². The fourth-order valence-corrected chi connectivity index (χ4v) is 2.64. The normalized spacial score (nSPS) is 18.7. The minimum Gasteiger partial charge on any atom is -0.396 e. The van der Waals surface area contributed by atoms with Crippen molar-refractivity contribution in [1.82, 2.24) is 4.98 Å². The molecule has 17 heavy (non-hydrogen) atoms. The zero-order chi connectivity index (χ0) is 11.8. The van der Waals surface area contributed by atoms with Crippen molar-refractivity contribution in [2.45, 2.75) is 19.3 Å². The van der Waals surface area contributed by atoms with Gasteiger partial charge in [-0.05, 0) is 30.9 Å². The summed E-state index contributed by atoms with van der Waals surface area (Å²) in [5.74, 6) is 1.16. The highest BCUT2D eigenvalue weighted by molar-refractivity contribution is 5.58. The summed E-state index contributed by atoms with van der Waals surface area (Å²) < 4.78 is 0. The Labute approximate surface area is 101 Å². The first-order chi connectivity index (χ1) is 8.31. The van der Waals surface area contributed by atoms with Crippen molar-refractivity contribution in [1.29, 1.82) is 5.26 Å². The first-order valence-corrected chi connectivity index (χ1v) is 6.10. The molecule has 2 aliphatic rings. The molecule has 0 spiro atoms. The van der Waals surface area contributed by atoms with Crippen LogP contribution in [0.25, 0.3) is 0 Å². The molecule has 88 valence electrons. The summed E-state index contributed by atoms with van der Waals surface area (Å²) in [6, 6.07) is 4.24. The number of anilines is 1. The summed E-state index contributed by atoms with van der Waals surface area (Å²) in [7, 11) is 0. The maximum absolute atomic E-state index is 9.18. The number of fused-ring (bicyclic) bond motifs is 1. The Morgan fingerprint density at radius 3 is 3.00 bits per heavy atom. The fraction of sp³-hybridized carbons (Fsp3) is 0.538. The van der Waals surface area contributed by atoms with Gasteiger partial charge in [0.15, 0.2) is 0 Å². The number of hydrogen-bond acceptors (Lipinski definition) is 4. The number of aliphatic hydroxyl groups is 1. The van der Waals surface area contributed by atoms with E-state index in [-0.39, 0.29) is 6.61 Å². The van der Waals surface area contributed by atoms with Gasteiger partial charge in [-0.2, -0.15) is 5.26 Å². The van der Waals surface area contributed by atoms with Gasteiger partial charge in [-0.3, -0.25) is 0 Å². The molecule has 1 aromatic heterocycles. The first kappa shape index (κ1) is 10.5. The second kappa shape index (κ2) is 4.01. The van der Waals surface area contributed by atoms with Crippen molar-refractivity contribution >= 4 is 5.82 Å². The molecule has 4 heteroatoms. The third kappa shape index (κ3) is 1.67. The van der Waals surface area contributed by atoms with Gasteiger partial charge in [0.2, 0.25) is 0 Å². The maximum atomic E-state index is 9.18. The van der Waals surface area contributed by atoms with Crippen molar-refractivity contribution in [3.05, 3.63) is 22.9 Å². The predicted molar refractivity (Wildman–Crippen MR) is 63.8 cm³/mol. The molecule has 1 aliphatic carbocycles. The molecule has 0 radical (unpaired) electrons. The molecule has 3 rings (SSSR count). The molecule has 1 aliphatic heterocycles. The largest absolute Gasteiger partial charge is 0.396 e. The second-order valence-electron chi connectivity index (χ2n) is 4.88. The van der Waals surface area contributed by atoms with Gasteiger partial charge in [-0.1, -0.05) is 0 Å². The molecule has 1 aromatic rings. The summed E-state index contributed by atoms with van der Waals surface area (Å²) in [6.45, 7) is 1.86. The van der Waals surface area contributed by atoms with Gasteiger partial charge < -0.3 is 10.0 Å². The Kier molecular flexibility index (Phi) is 2.49. The van der Waals surface area contributed by atoms with Crippen LogP contribution in [0.2, 0.25) is 0 Å². The van der Waals surface area contributed by atoms with Crippen LogP contribution in [0.1, 0.15) is 23.2 Å². The Balaban J connectivity index is 1.92. The number of pyridine rings is 1. The van der Waals surface area contributed by atoms with E-state index in [1.165, 1.54) is 5.56 Å². The van der Waals surface area contributed by atoms with Gasteiger partial charge >= 0.3 is 0 Å². The molecular weight excluding hydrogens is 214 g/mol. The van der Waals surface area contributed by atoms with E-state index in [0.29, 0.717) is 11.5 Å². The highest BCUT2D eigenvalue weighted by Crippen LogP contribution is 2.30. The van der Waals surface area contributed by atoms with Crippen LogP contribution in [-0.2, 0) is 12.8 Å². The predicted octanol–water partition coefficient (Wildman–Crippen LogP) is 0.870. The molecule has 1 fully saturated rings. The SMILES string of the molecule is N#Cc1cc2c(nc1N1CC(CO)C1)CCC2. The van der Waals surface area contributed by atoms with E-state index in [0.717, 1.165) is 43.9 Å². The van der Waals surface area contributed by atoms with Crippen molar-refractivity contribution in [3.8, 4) is 6.07 Å². The van der Waals surface area contributed by atoms with E-state index >= 15 is 0 Å². The smallest absolute Gasteiger partial charge is 0.146 e. The van der Waals surface area contributed by atoms with Crippen molar-refractivity contribution in [2.75, 3.05) is 24.6 Å². The van der Waals surface area contributed by atoms with Gasteiger partial charge in [0.05, 0.1) is 5.56 Å². The van der Waals surface area contributed by atoms with Gasteiger partial charge in [0.1, 0.15) is 11.9 Å². The van der Waals surface area contributed by atoms with Crippen LogP contribution in [0.5, 0.6) is 0 Å². The van der Waals surface area contributed by atoms with Crippen LogP contribution in [0, 0.1) is 17.2 Å². The Morgan fingerprint density at radius 2 is 2.29 bits per heavy atom. The van der Waals surface area contributed by atoms with E-state index in [4.69, 9.17) is 5.11 Å². The Hall–Kier alpha value is -1.60. The van der Waals surface area contributed by atoms with E-state index in [1.54, 1.807) is 0 Å². The Morgan fingerprint density at radius 1 is 1.47 bits per heavy atom. The minimum absolute atomic E-state index is 0.226. The van der Waals surface area contributed by atoms with Crippen LogP contribution in [-0.4, -0.2) is 29.8 Å². The van der Waals surface area contributed by atoms with Crippen LogP contribution in [0.4, 0.5) is 5.82 Å². The highest BCUT2D eigenvalue weighted by Gasteiger charge is 2.30. The number of rotatable bonds is 2. The summed E-state index contributed by atoms with van der Waals surface area (Å²) in [4.78, 5) is 6.73. The molecule has 4 nitrogen and oxygen atoms in total. The summed E-state index contributed by atoms with van der Waals surface area (Å²) in [6.07, 6.45) is 3.23. The highest BCUT2D eigenvalue weighted by atomic mass is 16.3. The fourth-order valence-electron chi connectivity index (χ4n) is 2.64. The standard InChI is InChI=1S/C13H15N3O/c14-5-11-4-10-2-1-3-12(10)15-13(11)16-6-9(7-16)8-17/h4,9,17H,1-3,6-8H2. The average Bonchev–Trinajstić information content (AvgIpc) is 2.73. The lowest BCUT2D eigenvalue weighted by Gasteiger charge is -2.39. The monoisotopic (exact) mass is 229 g/mol. The summed E-state index contributed by atoms with van der Waals surface area (Å²) >= 11 is 0. The lowest BCUT2D eigenvalue weighted by molar-refractivity contribution is 0.200. The molecule has 0 unspecified atom stereocenters. The molecule has 1 saturated heterocycles. The van der Waals surface area contributed by atoms with E-state index < -0.39 is 0 Å². The van der Waals surface area contributed by atoms with Crippen LogP contribution in [0.15, 0.2) is 6.07 Å².